The molecule has 0 aromatic heterocycles. The van der Waals surface area contributed by atoms with Gasteiger partial charge in [0.1, 0.15) is 11.5 Å². The zero-order valence-electron chi connectivity index (χ0n) is 19.0. The van der Waals surface area contributed by atoms with Gasteiger partial charge in [-0.05, 0) is 69.2 Å². The van der Waals surface area contributed by atoms with Crippen LogP contribution in [0.5, 0.6) is 11.5 Å². The minimum Gasteiger partial charge on any atom is -0.494 e. The Hall–Kier alpha value is -3.80. The molecule has 6 nitrogen and oxygen atoms in total. The molecule has 0 saturated heterocycles. The highest BCUT2D eigenvalue weighted by Gasteiger charge is 2.25. The number of amides is 2. The monoisotopic (exact) mass is 444 g/mol. The maximum Gasteiger partial charge on any atom is 0.265 e. The van der Waals surface area contributed by atoms with Crippen molar-refractivity contribution in [2.75, 3.05) is 30.0 Å². The second kappa shape index (κ2) is 10.2. The molecule has 1 aliphatic heterocycles. The summed E-state index contributed by atoms with van der Waals surface area (Å²) in [5.41, 5.74) is 4.09. The third kappa shape index (κ3) is 5.71. The molecule has 0 unspecified atom stereocenters. The van der Waals surface area contributed by atoms with Crippen LogP contribution >= 0.6 is 0 Å². The van der Waals surface area contributed by atoms with Gasteiger partial charge in [-0.2, -0.15) is 0 Å². The second-order valence-corrected chi connectivity index (χ2v) is 8.21. The van der Waals surface area contributed by atoms with Crippen molar-refractivity contribution in [1.82, 2.24) is 0 Å². The van der Waals surface area contributed by atoms with Crippen molar-refractivity contribution in [2.24, 2.45) is 0 Å². The largest absolute Gasteiger partial charge is 0.494 e. The van der Waals surface area contributed by atoms with E-state index in [1.165, 1.54) is 5.56 Å². The fourth-order valence-electron chi connectivity index (χ4n) is 3.71. The lowest BCUT2D eigenvalue weighted by atomic mass is 10.1. The lowest BCUT2D eigenvalue weighted by Crippen LogP contribution is -2.39. The van der Waals surface area contributed by atoms with Gasteiger partial charge < -0.3 is 19.7 Å². The molecule has 0 spiro atoms. The van der Waals surface area contributed by atoms with Gasteiger partial charge in [0, 0.05) is 17.8 Å². The summed E-state index contributed by atoms with van der Waals surface area (Å²) in [7, 11) is 0. The Kier molecular flexibility index (Phi) is 6.93. The van der Waals surface area contributed by atoms with Crippen LogP contribution in [-0.2, 0) is 4.79 Å². The molecule has 1 heterocycles. The fourth-order valence-corrected chi connectivity index (χ4v) is 3.71. The summed E-state index contributed by atoms with van der Waals surface area (Å²) in [5, 5.41) is 2.92. The molecule has 0 saturated carbocycles. The van der Waals surface area contributed by atoms with Gasteiger partial charge in [0.25, 0.3) is 11.8 Å². The Morgan fingerprint density at radius 3 is 2.61 bits per heavy atom. The summed E-state index contributed by atoms with van der Waals surface area (Å²) in [4.78, 5) is 26.9. The SMILES string of the molecule is Cc1ccc(OCCCCN2C(=O)COc3ccc(NC(=O)c4cccc(C)c4)cc32)cc1. The van der Waals surface area contributed by atoms with Crippen molar-refractivity contribution in [3.63, 3.8) is 0 Å². The van der Waals surface area contributed by atoms with Gasteiger partial charge in [-0.3, -0.25) is 9.59 Å². The summed E-state index contributed by atoms with van der Waals surface area (Å²) in [5.74, 6) is 1.20. The summed E-state index contributed by atoms with van der Waals surface area (Å²) in [6, 6.07) is 20.8. The van der Waals surface area contributed by atoms with E-state index in [4.69, 9.17) is 9.47 Å². The van der Waals surface area contributed by atoms with Crippen molar-refractivity contribution in [3.8, 4) is 11.5 Å². The molecule has 6 heteroatoms. The highest BCUT2D eigenvalue weighted by Crippen LogP contribution is 2.35. The minimum atomic E-state index is -0.193. The van der Waals surface area contributed by atoms with Crippen LogP contribution in [0.25, 0.3) is 0 Å². The predicted octanol–water partition coefficient (Wildman–Crippen LogP) is 5.14. The fraction of sp³-hybridized carbons (Fsp3) is 0.259. The standard InChI is InChI=1S/C27H28N2O4/c1-19-8-11-23(12-9-19)32-15-4-3-14-29-24-17-22(10-13-25(24)33-18-26(29)30)28-27(31)21-7-5-6-20(2)16-21/h5-13,16-17H,3-4,14-15,18H2,1-2H3,(H,28,31). The number of rotatable bonds is 8. The van der Waals surface area contributed by atoms with Crippen molar-refractivity contribution in [1.29, 1.82) is 0 Å². The van der Waals surface area contributed by atoms with Gasteiger partial charge >= 0.3 is 0 Å². The summed E-state index contributed by atoms with van der Waals surface area (Å²) in [6.07, 6.45) is 1.61. The number of hydrogen-bond acceptors (Lipinski definition) is 4. The number of ether oxygens (including phenoxy) is 2. The number of benzene rings is 3. The number of hydrogen-bond donors (Lipinski definition) is 1. The molecule has 170 valence electrons. The summed E-state index contributed by atoms with van der Waals surface area (Å²) < 4.78 is 11.4. The molecule has 0 radical (unpaired) electrons. The first-order chi connectivity index (χ1) is 16.0. The molecule has 0 aliphatic carbocycles. The number of aryl methyl sites for hydroxylation is 2. The molecule has 0 fully saturated rings. The first-order valence-corrected chi connectivity index (χ1v) is 11.1. The van der Waals surface area contributed by atoms with Crippen molar-refractivity contribution >= 4 is 23.2 Å². The van der Waals surface area contributed by atoms with Gasteiger partial charge in [0.2, 0.25) is 0 Å². The number of fused-ring (bicyclic) bond motifs is 1. The van der Waals surface area contributed by atoms with Crippen LogP contribution in [0.1, 0.15) is 34.3 Å². The van der Waals surface area contributed by atoms with Crippen molar-refractivity contribution in [2.45, 2.75) is 26.7 Å². The number of anilines is 2. The molecular weight excluding hydrogens is 416 g/mol. The molecule has 3 aromatic rings. The molecule has 0 bridgehead atoms. The van der Waals surface area contributed by atoms with Gasteiger partial charge in [-0.15, -0.1) is 0 Å². The Morgan fingerprint density at radius 2 is 1.82 bits per heavy atom. The smallest absolute Gasteiger partial charge is 0.265 e. The summed E-state index contributed by atoms with van der Waals surface area (Å²) in [6.45, 7) is 5.15. The van der Waals surface area contributed by atoms with Crippen LogP contribution in [-0.4, -0.2) is 31.6 Å². The number of carbonyl (C=O) groups excluding carboxylic acids is 2. The van der Waals surface area contributed by atoms with E-state index in [0.29, 0.717) is 35.8 Å². The first kappa shape index (κ1) is 22.4. The van der Waals surface area contributed by atoms with E-state index in [1.807, 2.05) is 56.3 Å². The highest BCUT2D eigenvalue weighted by molar-refractivity contribution is 6.05. The molecule has 1 N–H and O–H groups in total. The van der Waals surface area contributed by atoms with Crippen molar-refractivity contribution < 1.29 is 19.1 Å². The lowest BCUT2D eigenvalue weighted by Gasteiger charge is -2.30. The number of nitrogens with zero attached hydrogens (tertiary/aromatic N) is 1. The van der Waals surface area contributed by atoms with Crippen LogP contribution in [0.4, 0.5) is 11.4 Å². The molecular formula is C27H28N2O4. The Morgan fingerprint density at radius 1 is 1.00 bits per heavy atom. The van der Waals surface area contributed by atoms with E-state index >= 15 is 0 Å². The van der Waals surface area contributed by atoms with Gasteiger partial charge in [0.05, 0.1) is 12.3 Å². The predicted molar refractivity (Wildman–Crippen MR) is 129 cm³/mol. The number of carbonyl (C=O) groups is 2. The second-order valence-electron chi connectivity index (χ2n) is 8.21. The average molecular weight is 445 g/mol. The highest BCUT2D eigenvalue weighted by atomic mass is 16.5. The molecule has 33 heavy (non-hydrogen) atoms. The Bertz CT molecular complexity index is 1140. The summed E-state index contributed by atoms with van der Waals surface area (Å²) >= 11 is 0. The lowest BCUT2D eigenvalue weighted by molar-refractivity contribution is -0.121. The third-order valence-electron chi connectivity index (χ3n) is 5.51. The topological polar surface area (TPSA) is 67.9 Å². The van der Waals surface area contributed by atoms with Gasteiger partial charge in [-0.25, -0.2) is 0 Å². The Balaban J connectivity index is 1.37. The Labute approximate surface area is 194 Å². The van der Waals surface area contributed by atoms with Crippen LogP contribution in [0.3, 0.4) is 0 Å². The normalized spacial score (nSPS) is 12.7. The molecule has 2 amide bonds. The first-order valence-electron chi connectivity index (χ1n) is 11.1. The molecule has 4 rings (SSSR count). The van der Waals surface area contributed by atoms with E-state index in [2.05, 4.69) is 5.32 Å². The number of unbranched alkanes of at least 4 members (excludes halogenated alkanes) is 1. The molecule has 1 aliphatic rings. The van der Waals surface area contributed by atoms with E-state index in [0.717, 1.165) is 24.2 Å². The van der Waals surface area contributed by atoms with Crippen LogP contribution in [0, 0.1) is 13.8 Å². The zero-order chi connectivity index (χ0) is 23.2. The van der Waals surface area contributed by atoms with E-state index < -0.39 is 0 Å². The van der Waals surface area contributed by atoms with Crippen LogP contribution < -0.4 is 19.7 Å². The van der Waals surface area contributed by atoms with E-state index in [-0.39, 0.29) is 18.4 Å². The maximum atomic E-state index is 12.6. The zero-order valence-corrected chi connectivity index (χ0v) is 19.0. The van der Waals surface area contributed by atoms with E-state index in [1.54, 1.807) is 29.2 Å². The molecule has 0 atom stereocenters. The third-order valence-corrected chi connectivity index (χ3v) is 5.51. The van der Waals surface area contributed by atoms with Crippen LogP contribution in [0.2, 0.25) is 0 Å². The number of nitrogens with one attached hydrogen (secondary N) is 1. The minimum absolute atomic E-state index is 0.0157. The van der Waals surface area contributed by atoms with Crippen LogP contribution in [0.15, 0.2) is 66.7 Å². The van der Waals surface area contributed by atoms with Crippen molar-refractivity contribution in [3.05, 3.63) is 83.4 Å². The van der Waals surface area contributed by atoms with Gasteiger partial charge in [-0.1, -0.05) is 35.4 Å². The average Bonchev–Trinajstić information content (AvgIpc) is 2.81. The quantitative estimate of drug-likeness (QED) is 0.489. The molecule has 3 aromatic carbocycles. The van der Waals surface area contributed by atoms with E-state index in [9.17, 15) is 9.59 Å². The maximum absolute atomic E-state index is 12.6. The van der Waals surface area contributed by atoms with Gasteiger partial charge in [0.15, 0.2) is 6.61 Å².